The van der Waals surface area contributed by atoms with E-state index in [2.05, 4.69) is 38.0 Å². The molecule has 0 aromatic carbocycles. The summed E-state index contributed by atoms with van der Waals surface area (Å²) in [5.74, 6) is 0. The first-order valence-corrected chi connectivity index (χ1v) is 3.50. The van der Waals surface area contributed by atoms with Crippen LogP contribution in [0.1, 0.15) is 13.3 Å². The standard InChI is InChI=1S/C6H7.2FH.Ir/c1-6-4-2-3-5-6;;;/h2,4H,3H2,1H3;2*1H;/q;;;+2/p-2. The maximum absolute atomic E-state index is 2.20. The van der Waals surface area contributed by atoms with Crippen LogP contribution >= 0.6 is 0 Å². The van der Waals surface area contributed by atoms with E-state index in [-0.39, 0.29) is 9.41 Å². The van der Waals surface area contributed by atoms with E-state index in [1.807, 2.05) is 0 Å². The summed E-state index contributed by atoms with van der Waals surface area (Å²) in [4.78, 5) is 0. The van der Waals surface area contributed by atoms with Crippen molar-refractivity contribution in [3.05, 3.63) is 21.8 Å². The summed E-state index contributed by atoms with van der Waals surface area (Å²) in [6, 6.07) is 0. The zero-order valence-electron chi connectivity index (χ0n) is 4.95. The molecular formula is C6H7F2Ir. The third-order valence-corrected chi connectivity index (χ3v) is 2.50. The Morgan fingerprint density at radius 2 is 2.00 bits per heavy atom. The Balaban J connectivity index is 0. The minimum atomic E-state index is 0. The van der Waals surface area contributed by atoms with Crippen LogP contribution in [0.3, 0.4) is 0 Å². The summed E-state index contributed by atoms with van der Waals surface area (Å²) in [7, 11) is 0. The second-order valence-electron chi connectivity index (χ2n) is 1.67. The molecule has 54 valence electrons. The van der Waals surface area contributed by atoms with Gasteiger partial charge in [0.2, 0.25) is 0 Å². The van der Waals surface area contributed by atoms with Crippen molar-refractivity contribution in [1.82, 2.24) is 0 Å². The molecule has 0 radical (unpaired) electrons. The van der Waals surface area contributed by atoms with Gasteiger partial charge in [0, 0.05) is 0 Å². The van der Waals surface area contributed by atoms with Crippen LogP contribution in [0, 0.1) is 0 Å². The summed E-state index contributed by atoms with van der Waals surface area (Å²) >= 11 is 2.18. The Labute approximate surface area is 63.9 Å². The molecule has 0 spiro atoms. The van der Waals surface area contributed by atoms with Crippen LogP contribution in [0.4, 0.5) is 0 Å². The van der Waals surface area contributed by atoms with Gasteiger partial charge in [-0.3, -0.25) is 0 Å². The SMILES string of the molecule is CC1=[C]([Ir+2])CC=C1.[F-].[F-]. The Morgan fingerprint density at radius 3 is 2.11 bits per heavy atom. The maximum Gasteiger partial charge on any atom is -1.00 e. The van der Waals surface area contributed by atoms with Crippen molar-refractivity contribution in [3.8, 4) is 0 Å². The van der Waals surface area contributed by atoms with Gasteiger partial charge in [0.05, 0.1) is 0 Å². The number of rotatable bonds is 0. The van der Waals surface area contributed by atoms with Crippen LogP contribution in [-0.4, -0.2) is 0 Å². The number of hydrogen-bond acceptors (Lipinski definition) is 0. The van der Waals surface area contributed by atoms with Crippen molar-refractivity contribution in [3.63, 3.8) is 0 Å². The van der Waals surface area contributed by atoms with Gasteiger partial charge in [0.25, 0.3) is 0 Å². The molecule has 0 saturated heterocycles. The minimum absolute atomic E-state index is 0. The average molecular weight is 309 g/mol. The molecule has 3 heteroatoms. The predicted molar refractivity (Wildman–Crippen MR) is 26.5 cm³/mol. The van der Waals surface area contributed by atoms with Gasteiger partial charge in [-0.05, 0) is 0 Å². The average Bonchev–Trinajstić information content (AvgIpc) is 1.91. The quantitative estimate of drug-likeness (QED) is 0.426. The second kappa shape index (κ2) is 4.83. The fraction of sp³-hybridized carbons (Fsp3) is 0.333. The third-order valence-electron chi connectivity index (χ3n) is 1.07. The van der Waals surface area contributed by atoms with E-state index in [9.17, 15) is 0 Å². The summed E-state index contributed by atoms with van der Waals surface area (Å²) in [5, 5.41) is 0. The van der Waals surface area contributed by atoms with E-state index in [1.54, 1.807) is 0 Å². The van der Waals surface area contributed by atoms with Gasteiger partial charge in [-0.2, -0.15) is 0 Å². The van der Waals surface area contributed by atoms with E-state index in [4.69, 9.17) is 0 Å². The van der Waals surface area contributed by atoms with Crippen LogP contribution in [-0.2, 0) is 18.9 Å². The van der Waals surface area contributed by atoms with Gasteiger partial charge >= 0.3 is 54.1 Å². The zero-order valence-corrected chi connectivity index (χ0v) is 7.35. The molecule has 0 atom stereocenters. The smallest absolute Gasteiger partial charge is 1.00 e. The van der Waals surface area contributed by atoms with Gasteiger partial charge in [0.1, 0.15) is 0 Å². The molecule has 0 saturated carbocycles. The van der Waals surface area contributed by atoms with Crippen LogP contribution in [0.15, 0.2) is 21.8 Å². The summed E-state index contributed by atoms with van der Waals surface area (Å²) in [6.07, 6.45) is 5.55. The van der Waals surface area contributed by atoms with Crippen LogP contribution in [0.25, 0.3) is 0 Å². The Kier molecular flexibility index (Phi) is 6.30. The molecule has 1 rings (SSSR count). The summed E-state index contributed by atoms with van der Waals surface area (Å²) in [6.45, 7) is 2.15. The van der Waals surface area contributed by atoms with E-state index >= 15 is 0 Å². The van der Waals surface area contributed by atoms with Gasteiger partial charge in [-0.25, -0.2) is 0 Å². The first-order chi connectivity index (χ1) is 3.30. The fourth-order valence-electron chi connectivity index (χ4n) is 0.582. The molecule has 0 heterocycles. The number of halogens is 2. The molecule has 0 N–H and O–H groups in total. The fourth-order valence-corrected chi connectivity index (χ4v) is 1.06. The monoisotopic (exact) mass is 310 g/mol. The van der Waals surface area contributed by atoms with E-state index in [1.165, 1.54) is 16.1 Å². The van der Waals surface area contributed by atoms with Crippen molar-refractivity contribution < 1.29 is 28.3 Å². The summed E-state index contributed by atoms with van der Waals surface area (Å²) in [5.41, 5.74) is 1.44. The largest absolute Gasteiger partial charge is 1.00 e. The first-order valence-electron chi connectivity index (χ1n) is 2.30. The first kappa shape index (κ1) is 11.7. The molecule has 0 aliphatic heterocycles. The van der Waals surface area contributed by atoms with Gasteiger partial charge < -0.3 is 9.41 Å². The van der Waals surface area contributed by atoms with Crippen molar-refractivity contribution in [2.24, 2.45) is 0 Å². The molecule has 9 heavy (non-hydrogen) atoms. The summed E-state index contributed by atoms with van der Waals surface area (Å²) < 4.78 is 1.51. The molecule has 0 fully saturated rings. The Hall–Kier alpha value is -0.0106. The third kappa shape index (κ3) is 2.87. The number of hydrogen-bond donors (Lipinski definition) is 0. The Morgan fingerprint density at radius 1 is 1.44 bits per heavy atom. The Bertz CT molecular complexity index is 138. The molecule has 0 amide bonds. The van der Waals surface area contributed by atoms with Crippen LogP contribution in [0.2, 0.25) is 0 Å². The zero-order chi connectivity index (χ0) is 5.28. The van der Waals surface area contributed by atoms with Gasteiger partial charge in [0.15, 0.2) is 0 Å². The van der Waals surface area contributed by atoms with Gasteiger partial charge in [-0.1, -0.05) is 0 Å². The molecule has 0 aromatic rings. The number of allylic oxidation sites excluding steroid dienone is 4. The van der Waals surface area contributed by atoms with Crippen molar-refractivity contribution in [1.29, 1.82) is 0 Å². The molecular weight excluding hydrogens is 302 g/mol. The van der Waals surface area contributed by atoms with Crippen molar-refractivity contribution in [2.45, 2.75) is 13.3 Å². The molecule has 1 aliphatic carbocycles. The van der Waals surface area contributed by atoms with E-state index in [0.29, 0.717) is 0 Å². The maximum atomic E-state index is 2.20. The van der Waals surface area contributed by atoms with E-state index in [0.717, 1.165) is 0 Å². The van der Waals surface area contributed by atoms with Crippen LogP contribution in [0.5, 0.6) is 0 Å². The second-order valence-corrected chi connectivity index (χ2v) is 3.11. The molecule has 0 unspecified atom stereocenters. The molecule has 1 aliphatic rings. The van der Waals surface area contributed by atoms with Gasteiger partial charge in [-0.15, -0.1) is 0 Å². The predicted octanol–water partition coefficient (Wildman–Crippen LogP) is -4.22. The van der Waals surface area contributed by atoms with E-state index < -0.39 is 0 Å². The van der Waals surface area contributed by atoms with Crippen LogP contribution < -0.4 is 9.41 Å². The van der Waals surface area contributed by atoms with Crippen molar-refractivity contribution in [2.75, 3.05) is 0 Å². The van der Waals surface area contributed by atoms with Crippen molar-refractivity contribution >= 4 is 0 Å². The minimum Gasteiger partial charge on any atom is -1.00 e. The topological polar surface area (TPSA) is 0 Å². The molecule has 0 bridgehead atoms. The molecule has 0 aromatic heterocycles. The molecule has 0 nitrogen and oxygen atoms in total. The normalized spacial score (nSPS) is 14.9.